The predicted molar refractivity (Wildman–Crippen MR) is 64.0 cm³/mol. The molecule has 0 aromatic carbocycles. The second-order valence-electron chi connectivity index (χ2n) is 4.42. The third kappa shape index (κ3) is 2.13. The Balaban J connectivity index is 2.15. The van der Waals surface area contributed by atoms with Crippen molar-refractivity contribution in [1.29, 1.82) is 0 Å². The van der Waals surface area contributed by atoms with Gasteiger partial charge in [-0.2, -0.15) is 0 Å². The van der Waals surface area contributed by atoms with Gasteiger partial charge in [-0.05, 0) is 25.8 Å². The highest BCUT2D eigenvalue weighted by molar-refractivity contribution is 5.91. The first-order valence-corrected chi connectivity index (χ1v) is 6.09. The van der Waals surface area contributed by atoms with Crippen molar-refractivity contribution in [3.63, 3.8) is 0 Å². The number of rotatable bonds is 4. The van der Waals surface area contributed by atoms with Gasteiger partial charge in [-0.15, -0.1) is 0 Å². The molecular weight excluding hydrogens is 202 g/mol. The van der Waals surface area contributed by atoms with Crippen LogP contribution in [-0.4, -0.2) is 18.4 Å². The van der Waals surface area contributed by atoms with Crippen LogP contribution in [0.3, 0.4) is 0 Å². The summed E-state index contributed by atoms with van der Waals surface area (Å²) in [6.07, 6.45) is 5.09. The van der Waals surface area contributed by atoms with Gasteiger partial charge in [0.1, 0.15) is 0 Å². The molecule has 0 unspecified atom stereocenters. The normalized spacial score (nSPS) is 16.6. The summed E-state index contributed by atoms with van der Waals surface area (Å²) in [7, 11) is 0. The van der Waals surface area contributed by atoms with E-state index < -0.39 is 0 Å². The van der Waals surface area contributed by atoms with E-state index in [0.717, 1.165) is 12.4 Å². The molecule has 1 aromatic rings. The van der Waals surface area contributed by atoms with Crippen molar-refractivity contribution in [3.05, 3.63) is 17.9 Å². The fourth-order valence-electron chi connectivity index (χ4n) is 2.48. The molecule has 0 atom stereocenters. The van der Waals surface area contributed by atoms with Gasteiger partial charge in [0.2, 0.25) is 0 Å². The first-order valence-electron chi connectivity index (χ1n) is 6.09. The SMILES string of the molecule is CCN(c1ccc(C(C)=O)o1)C1CCCC1. The number of carbonyl (C=O) groups is 1. The summed E-state index contributed by atoms with van der Waals surface area (Å²) >= 11 is 0. The van der Waals surface area contributed by atoms with E-state index in [-0.39, 0.29) is 5.78 Å². The molecule has 0 bridgehead atoms. The molecule has 16 heavy (non-hydrogen) atoms. The number of hydrogen-bond acceptors (Lipinski definition) is 3. The van der Waals surface area contributed by atoms with Gasteiger partial charge in [0, 0.05) is 25.6 Å². The maximum Gasteiger partial charge on any atom is 0.196 e. The topological polar surface area (TPSA) is 33.5 Å². The third-order valence-corrected chi connectivity index (χ3v) is 3.33. The van der Waals surface area contributed by atoms with E-state index in [1.54, 1.807) is 6.07 Å². The van der Waals surface area contributed by atoms with E-state index in [1.807, 2.05) is 6.07 Å². The number of anilines is 1. The molecule has 0 amide bonds. The zero-order valence-corrected chi connectivity index (χ0v) is 10.0. The van der Waals surface area contributed by atoms with Crippen molar-refractivity contribution in [2.24, 2.45) is 0 Å². The lowest BCUT2D eigenvalue weighted by Crippen LogP contribution is -2.32. The van der Waals surface area contributed by atoms with Crippen LogP contribution >= 0.6 is 0 Å². The lowest BCUT2D eigenvalue weighted by atomic mass is 10.2. The molecule has 0 spiro atoms. The second-order valence-corrected chi connectivity index (χ2v) is 4.42. The molecule has 0 N–H and O–H groups in total. The molecule has 0 saturated heterocycles. The molecule has 2 rings (SSSR count). The van der Waals surface area contributed by atoms with Gasteiger partial charge in [-0.25, -0.2) is 0 Å². The Morgan fingerprint density at radius 2 is 2.12 bits per heavy atom. The van der Waals surface area contributed by atoms with Crippen molar-refractivity contribution in [2.45, 2.75) is 45.6 Å². The maximum atomic E-state index is 11.2. The highest BCUT2D eigenvalue weighted by atomic mass is 16.4. The van der Waals surface area contributed by atoms with Gasteiger partial charge in [0.25, 0.3) is 0 Å². The Hall–Kier alpha value is -1.25. The summed E-state index contributed by atoms with van der Waals surface area (Å²) in [5, 5.41) is 0. The smallest absolute Gasteiger partial charge is 0.196 e. The van der Waals surface area contributed by atoms with Gasteiger partial charge >= 0.3 is 0 Å². The van der Waals surface area contributed by atoms with Crippen LogP contribution in [0.1, 0.15) is 50.1 Å². The van der Waals surface area contributed by atoms with E-state index in [0.29, 0.717) is 11.8 Å². The molecule has 1 aromatic heterocycles. The van der Waals surface area contributed by atoms with Crippen molar-refractivity contribution in [1.82, 2.24) is 0 Å². The van der Waals surface area contributed by atoms with Gasteiger partial charge in [-0.1, -0.05) is 12.8 Å². The fourth-order valence-corrected chi connectivity index (χ4v) is 2.48. The number of nitrogens with zero attached hydrogens (tertiary/aromatic N) is 1. The Kier molecular flexibility index (Phi) is 3.32. The molecule has 3 heteroatoms. The summed E-state index contributed by atoms with van der Waals surface area (Å²) in [4.78, 5) is 13.5. The largest absolute Gasteiger partial charge is 0.437 e. The maximum absolute atomic E-state index is 11.2. The van der Waals surface area contributed by atoms with Crippen LogP contribution in [-0.2, 0) is 0 Å². The van der Waals surface area contributed by atoms with Gasteiger partial charge in [0.15, 0.2) is 17.4 Å². The lowest BCUT2D eigenvalue weighted by molar-refractivity contribution is 0.0987. The van der Waals surface area contributed by atoms with Crippen molar-refractivity contribution >= 4 is 11.7 Å². The zero-order valence-electron chi connectivity index (χ0n) is 10.0. The van der Waals surface area contributed by atoms with Gasteiger partial charge in [-0.3, -0.25) is 4.79 Å². The highest BCUT2D eigenvalue weighted by Gasteiger charge is 2.23. The summed E-state index contributed by atoms with van der Waals surface area (Å²) in [6.45, 7) is 4.61. The van der Waals surface area contributed by atoms with Crippen LogP contribution in [0.4, 0.5) is 5.88 Å². The minimum atomic E-state index is -0.00581. The number of Topliss-reactive ketones (excluding diaryl/α,β-unsaturated/α-hetero) is 1. The molecule has 1 aliphatic carbocycles. The van der Waals surface area contributed by atoms with Crippen LogP contribution in [0.15, 0.2) is 16.5 Å². The average molecular weight is 221 g/mol. The monoisotopic (exact) mass is 221 g/mol. The fraction of sp³-hybridized carbons (Fsp3) is 0.615. The van der Waals surface area contributed by atoms with Crippen LogP contribution in [0.5, 0.6) is 0 Å². The molecule has 3 nitrogen and oxygen atoms in total. The third-order valence-electron chi connectivity index (χ3n) is 3.33. The molecular formula is C13H19NO2. The van der Waals surface area contributed by atoms with Gasteiger partial charge in [0.05, 0.1) is 0 Å². The van der Waals surface area contributed by atoms with E-state index >= 15 is 0 Å². The first kappa shape index (κ1) is 11.2. The zero-order chi connectivity index (χ0) is 11.5. The van der Waals surface area contributed by atoms with Crippen LogP contribution < -0.4 is 4.90 Å². The molecule has 1 fully saturated rings. The molecule has 88 valence electrons. The summed E-state index contributed by atoms with van der Waals surface area (Å²) in [5.41, 5.74) is 0. The number of furan rings is 1. The Morgan fingerprint density at radius 1 is 1.44 bits per heavy atom. The summed E-state index contributed by atoms with van der Waals surface area (Å²) in [5.74, 6) is 1.31. The van der Waals surface area contributed by atoms with Crippen molar-refractivity contribution in [2.75, 3.05) is 11.4 Å². The standard InChI is InChI=1S/C13H19NO2/c1-3-14(11-6-4-5-7-11)13-9-8-12(16-13)10(2)15/h8-9,11H,3-7H2,1-2H3. The van der Waals surface area contributed by atoms with Crippen LogP contribution in [0.25, 0.3) is 0 Å². The van der Waals surface area contributed by atoms with Crippen LogP contribution in [0, 0.1) is 0 Å². The number of carbonyl (C=O) groups excluding carboxylic acids is 1. The highest BCUT2D eigenvalue weighted by Crippen LogP contribution is 2.29. The Morgan fingerprint density at radius 3 is 2.62 bits per heavy atom. The van der Waals surface area contributed by atoms with E-state index in [9.17, 15) is 4.79 Å². The minimum absolute atomic E-state index is 0.00581. The van der Waals surface area contributed by atoms with Crippen molar-refractivity contribution < 1.29 is 9.21 Å². The molecule has 0 radical (unpaired) electrons. The van der Waals surface area contributed by atoms with Gasteiger partial charge < -0.3 is 9.32 Å². The predicted octanol–water partition coefficient (Wildman–Crippen LogP) is 3.25. The number of ketones is 1. The second kappa shape index (κ2) is 4.73. The summed E-state index contributed by atoms with van der Waals surface area (Å²) < 4.78 is 5.59. The minimum Gasteiger partial charge on any atom is -0.437 e. The molecule has 0 aliphatic heterocycles. The lowest BCUT2D eigenvalue weighted by Gasteiger charge is -2.26. The van der Waals surface area contributed by atoms with Crippen LogP contribution in [0.2, 0.25) is 0 Å². The Bertz CT molecular complexity index is 364. The van der Waals surface area contributed by atoms with E-state index in [1.165, 1.54) is 32.6 Å². The first-order chi connectivity index (χ1) is 7.72. The van der Waals surface area contributed by atoms with E-state index in [2.05, 4.69) is 11.8 Å². The van der Waals surface area contributed by atoms with E-state index in [4.69, 9.17) is 4.42 Å². The van der Waals surface area contributed by atoms with Crippen molar-refractivity contribution in [3.8, 4) is 0 Å². The molecule has 1 heterocycles. The quantitative estimate of drug-likeness (QED) is 0.732. The molecule has 1 saturated carbocycles. The number of hydrogen-bond donors (Lipinski definition) is 0. The average Bonchev–Trinajstić information content (AvgIpc) is 2.88. The summed E-state index contributed by atoms with van der Waals surface area (Å²) in [6, 6.07) is 4.28. The molecule has 1 aliphatic rings. The Labute approximate surface area is 96.4 Å².